The first-order valence-corrected chi connectivity index (χ1v) is 6.15. The molecule has 0 amide bonds. The van der Waals surface area contributed by atoms with Crippen LogP contribution in [0.1, 0.15) is 16.8 Å². The summed E-state index contributed by atoms with van der Waals surface area (Å²) in [5.41, 5.74) is 2.60. The maximum atomic E-state index is 11.5. The fraction of sp³-hybridized carbons (Fsp3) is 0.200. The Morgan fingerprint density at radius 1 is 1.47 bits per heavy atom. The fourth-order valence-electron chi connectivity index (χ4n) is 1.35. The van der Waals surface area contributed by atoms with Gasteiger partial charge in [0, 0.05) is 17.9 Å². The fourth-order valence-corrected chi connectivity index (χ4v) is 2.41. The number of hydrogen-bond donors (Lipinski definition) is 0. The highest BCUT2D eigenvalue weighted by molar-refractivity contribution is 7.99. The van der Waals surface area contributed by atoms with Gasteiger partial charge in [0.15, 0.2) is 5.78 Å². The summed E-state index contributed by atoms with van der Waals surface area (Å²) in [6, 6.07) is 5.03. The number of aliphatic imine (C=N–C) groups is 1. The normalized spacial score (nSPS) is 17.8. The highest BCUT2D eigenvalue weighted by atomic mass is 35.5. The molecule has 0 aromatic heterocycles. The van der Waals surface area contributed by atoms with Gasteiger partial charge in [0.1, 0.15) is 0 Å². The highest BCUT2D eigenvalue weighted by Crippen LogP contribution is 2.28. The van der Waals surface area contributed by atoms with Crippen LogP contribution >= 0.6 is 11.6 Å². The number of alkyl halides is 1. The summed E-state index contributed by atoms with van der Waals surface area (Å²) in [6.07, 6.45) is 0.299. The Balaban J connectivity index is 2.35. The average molecular weight is 242 g/mol. The van der Waals surface area contributed by atoms with E-state index in [1.165, 1.54) is 5.55 Å². The molecule has 15 heavy (non-hydrogen) atoms. The molecule has 3 nitrogen and oxygen atoms in total. The summed E-state index contributed by atoms with van der Waals surface area (Å²) in [6.45, 7) is 0. The summed E-state index contributed by atoms with van der Waals surface area (Å²) in [5, 5.41) is 0. The molecule has 1 heterocycles. The molecule has 0 N–H and O–H groups in total. The number of rotatable bonds is 3. The van der Waals surface area contributed by atoms with Crippen molar-refractivity contribution in [1.82, 2.24) is 0 Å². The number of Topliss-reactive ketones (excluding diaryl/α,β-unsaturated/α-hetero) is 1. The van der Waals surface area contributed by atoms with Gasteiger partial charge in [-0.3, -0.25) is 4.79 Å². The summed E-state index contributed by atoms with van der Waals surface area (Å²) < 4.78 is 11.4. The molecular formula is C10H8ClNO2S. The minimum Gasteiger partial charge on any atom is -0.294 e. The average Bonchev–Trinajstić information content (AvgIpc) is 2.60. The second kappa shape index (κ2) is 4.24. The highest BCUT2D eigenvalue weighted by Gasteiger charge is 2.16. The van der Waals surface area contributed by atoms with E-state index in [0.29, 0.717) is 28.4 Å². The number of carbonyl (C=O) groups excluding carboxylic acids is 1. The topological polar surface area (TPSA) is 46.5 Å². The van der Waals surface area contributed by atoms with Crippen molar-refractivity contribution in [3.63, 3.8) is 0 Å². The van der Waals surface area contributed by atoms with E-state index in [2.05, 4.69) is 4.99 Å². The van der Waals surface area contributed by atoms with Crippen LogP contribution in [0.4, 0.5) is 5.69 Å². The molecular weight excluding hydrogens is 234 g/mol. The molecule has 78 valence electrons. The standard InChI is InChI=1S/C10H8ClNO2S/c11-4-3-9(13)7-1-2-8-10(5-7)15(14)6-12-8/h1-2,5-6H,3-4H2. The Bertz CT molecular complexity index is 470. The predicted molar refractivity (Wildman–Crippen MR) is 60.7 cm³/mol. The van der Waals surface area contributed by atoms with Gasteiger partial charge < -0.3 is 0 Å². The van der Waals surface area contributed by atoms with Gasteiger partial charge in [-0.15, -0.1) is 11.6 Å². The van der Waals surface area contributed by atoms with Gasteiger partial charge in [0.2, 0.25) is 0 Å². The lowest BCUT2D eigenvalue weighted by Gasteiger charge is -2.01. The Kier molecular flexibility index (Phi) is 2.98. The third-order valence-corrected chi connectivity index (χ3v) is 3.35. The van der Waals surface area contributed by atoms with Gasteiger partial charge in [-0.2, -0.15) is 0 Å². The number of fused-ring (bicyclic) bond motifs is 1. The minimum atomic E-state index is -1.21. The van der Waals surface area contributed by atoms with E-state index in [1.807, 2.05) is 0 Å². The van der Waals surface area contributed by atoms with Crippen molar-refractivity contribution in [1.29, 1.82) is 0 Å². The summed E-state index contributed by atoms with van der Waals surface area (Å²) in [4.78, 5) is 16.1. The summed E-state index contributed by atoms with van der Waals surface area (Å²) >= 11 is 5.49. The molecule has 0 radical (unpaired) electrons. The minimum absolute atomic E-state index is 0.0308. The largest absolute Gasteiger partial charge is 0.294 e. The number of ketones is 1. The monoisotopic (exact) mass is 241 g/mol. The van der Waals surface area contributed by atoms with Gasteiger partial charge in [-0.05, 0) is 18.2 Å². The molecule has 1 aliphatic rings. The van der Waals surface area contributed by atoms with E-state index < -0.39 is 10.8 Å². The van der Waals surface area contributed by atoms with E-state index >= 15 is 0 Å². The first kappa shape index (κ1) is 10.5. The van der Waals surface area contributed by atoms with Gasteiger partial charge in [-0.25, -0.2) is 9.20 Å². The van der Waals surface area contributed by atoms with Crippen molar-refractivity contribution in [3.05, 3.63) is 23.8 Å². The Morgan fingerprint density at radius 3 is 3.00 bits per heavy atom. The molecule has 1 aromatic carbocycles. The molecule has 0 bridgehead atoms. The number of halogens is 1. The molecule has 0 saturated carbocycles. The Morgan fingerprint density at radius 2 is 2.27 bits per heavy atom. The van der Waals surface area contributed by atoms with Crippen LogP contribution in [0, 0.1) is 0 Å². The van der Waals surface area contributed by atoms with Gasteiger partial charge in [-0.1, -0.05) is 0 Å². The van der Waals surface area contributed by atoms with Crippen molar-refractivity contribution in [2.24, 2.45) is 4.99 Å². The van der Waals surface area contributed by atoms with Crippen LogP contribution in [-0.4, -0.2) is 21.4 Å². The quantitative estimate of drug-likeness (QED) is 0.602. The Hall–Kier alpha value is -1.00. The molecule has 1 atom stereocenters. The number of carbonyl (C=O) groups is 1. The van der Waals surface area contributed by atoms with Crippen LogP contribution in [0.15, 0.2) is 28.1 Å². The smallest absolute Gasteiger partial charge is 0.164 e. The van der Waals surface area contributed by atoms with Gasteiger partial charge in [0.05, 0.1) is 26.9 Å². The van der Waals surface area contributed by atoms with E-state index in [-0.39, 0.29) is 5.78 Å². The molecule has 1 aromatic rings. The first-order chi connectivity index (χ1) is 7.22. The number of nitrogens with zero attached hydrogens (tertiary/aromatic N) is 1. The van der Waals surface area contributed by atoms with E-state index in [0.717, 1.165) is 0 Å². The lowest BCUT2D eigenvalue weighted by Crippen LogP contribution is -2.00. The number of hydrogen-bond acceptors (Lipinski definition) is 3. The van der Waals surface area contributed by atoms with E-state index in [1.54, 1.807) is 18.2 Å². The van der Waals surface area contributed by atoms with Crippen molar-refractivity contribution >= 4 is 39.4 Å². The van der Waals surface area contributed by atoms with E-state index in [4.69, 9.17) is 11.6 Å². The molecule has 1 aliphatic heterocycles. The van der Waals surface area contributed by atoms with Crippen LogP contribution in [0.5, 0.6) is 0 Å². The van der Waals surface area contributed by atoms with Crippen LogP contribution in [0.3, 0.4) is 0 Å². The molecule has 5 heteroatoms. The molecule has 0 spiro atoms. The van der Waals surface area contributed by atoms with Crippen molar-refractivity contribution in [3.8, 4) is 0 Å². The predicted octanol–water partition coefficient (Wildman–Crippen LogP) is 2.28. The lowest BCUT2D eigenvalue weighted by atomic mass is 10.1. The lowest BCUT2D eigenvalue weighted by molar-refractivity contribution is 0.0989. The van der Waals surface area contributed by atoms with Crippen molar-refractivity contribution < 1.29 is 9.00 Å². The third kappa shape index (κ3) is 2.01. The zero-order valence-electron chi connectivity index (χ0n) is 7.77. The molecule has 0 fully saturated rings. The van der Waals surface area contributed by atoms with E-state index in [9.17, 15) is 9.00 Å². The second-order valence-electron chi connectivity index (χ2n) is 3.08. The van der Waals surface area contributed by atoms with Gasteiger partial charge in [0.25, 0.3) is 0 Å². The zero-order chi connectivity index (χ0) is 10.8. The second-order valence-corrected chi connectivity index (χ2v) is 4.70. The molecule has 2 rings (SSSR count). The van der Waals surface area contributed by atoms with Crippen molar-refractivity contribution in [2.45, 2.75) is 11.3 Å². The molecule has 1 unspecified atom stereocenters. The maximum absolute atomic E-state index is 11.5. The SMILES string of the molecule is O=C(CCCl)c1ccc2c(c1)S(=O)C=N2. The zero-order valence-corrected chi connectivity index (χ0v) is 9.35. The first-order valence-electron chi connectivity index (χ1n) is 4.40. The summed E-state index contributed by atoms with van der Waals surface area (Å²) in [5.74, 6) is 0.270. The molecule has 0 saturated heterocycles. The number of benzene rings is 1. The van der Waals surface area contributed by atoms with Crippen molar-refractivity contribution in [2.75, 3.05) is 5.88 Å². The third-order valence-electron chi connectivity index (χ3n) is 2.11. The Labute approximate surface area is 94.6 Å². The van der Waals surface area contributed by atoms with Crippen LogP contribution in [0.25, 0.3) is 0 Å². The molecule has 0 aliphatic carbocycles. The van der Waals surface area contributed by atoms with Crippen LogP contribution in [-0.2, 0) is 10.8 Å². The van der Waals surface area contributed by atoms with Crippen LogP contribution in [0.2, 0.25) is 0 Å². The van der Waals surface area contributed by atoms with Crippen LogP contribution < -0.4 is 0 Å². The summed E-state index contributed by atoms with van der Waals surface area (Å²) in [7, 11) is -1.21. The maximum Gasteiger partial charge on any atom is 0.164 e. The van der Waals surface area contributed by atoms with Gasteiger partial charge >= 0.3 is 0 Å².